The van der Waals surface area contributed by atoms with Crippen LogP contribution in [0, 0.1) is 0 Å². The summed E-state index contributed by atoms with van der Waals surface area (Å²) in [7, 11) is 3.37. The van der Waals surface area contributed by atoms with Crippen molar-refractivity contribution in [3.63, 3.8) is 0 Å². The van der Waals surface area contributed by atoms with E-state index in [1.165, 1.54) is 11.3 Å². The van der Waals surface area contributed by atoms with Gasteiger partial charge < -0.3 is 9.47 Å². The number of aromatic nitrogens is 3. The van der Waals surface area contributed by atoms with Crippen LogP contribution in [-0.2, 0) is 23.0 Å². The van der Waals surface area contributed by atoms with Gasteiger partial charge in [-0.15, -0.1) is 11.3 Å². The van der Waals surface area contributed by atoms with Crippen LogP contribution in [0.2, 0.25) is 0 Å². The molecule has 8 nitrogen and oxygen atoms in total. The summed E-state index contributed by atoms with van der Waals surface area (Å²) in [6.45, 7) is 2.13. The fraction of sp³-hybridized carbons (Fsp3) is 0.368. The van der Waals surface area contributed by atoms with E-state index in [0.29, 0.717) is 35.1 Å². The molecule has 3 aromatic rings. The van der Waals surface area contributed by atoms with E-state index in [2.05, 4.69) is 15.4 Å². The summed E-state index contributed by atoms with van der Waals surface area (Å²) < 4.78 is 12.1. The van der Waals surface area contributed by atoms with Crippen LogP contribution in [0.5, 0.6) is 5.88 Å². The van der Waals surface area contributed by atoms with Gasteiger partial charge in [0.05, 0.1) is 30.3 Å². The van der Waals surface area contributed by atoms with Gasteiger partial charge in [0.25, 0.3) is 5.91 Å². The van der Waals surface area contributed by atoms with Gasteiger partial charge in [-0.25, -0.2) is 9.67 Å². The minimum atomic E-state index is -0.339. The van der Waals surface area contributed by atoms with Gasteiger partial charge in [-0.1, -0.05) is 0 Å². The van der Waals surface area contributed by atoms with E-state index in [1.54, 1.807) is 37.9 Å². The smallest absolute Gasteiger partial charge is 0.315 e. The molecule has 4 rings (SSSR count). The minimum Gasteiger partial charge on any atom is -0.481 e. The van der Waals surface area contributed by atoms with Crippen LogP contribution < -0.4 is 10.1 Å². The summed E-state index contributed by atoms with van der Waals surface area (Å²) in [4.78, 5) is 30.2. The number of amides is 1. The summed E-state index contributed by atoms with van der Waals surface area (Å²) in [5, 5.41) is 8.53. The van der Waals surface area contributed by atoms with Gasteiger partial charge in [0.15, 0.2) is 5.13 Å². The van der Waals surface area contributed by atoms with Crippen LogP contribution in [0.15, 0.2) is 18.2 Å². The zero-order chi connectivity index (χ0) is 19.8. The zero-order valence-electron chi connectivity index (χ0n) is 15.8. The van der Waals surface area contributed by atoms with E-state index in [1.807, 2.05) is 6.07 Å². The lowest BCUT2D eigenvalue weighted by Crippen LogP contribution is -2.15. The molecule has 1 aliphatic carbocycles. The normalized spacial score (nSPS) is 15.5. The fourth-order valence-electron chi connectivity index (χ4n) is 3.48. The summed E-state index contributed by atoms with van der Waals surface area (Å²) in [5.41, 5.74) is 1.88. The fourth-order valence-corrected chi connectivity index (χ4v) is 4.52. The monoisotopic (exact) mass is 400 g/mol. The van der Waals surface area contributed by atoms with Crippen molar-refractivity contribution in [3.05, 3.63) is 34.3 Å². The first kappa shape index (κ1) is 18.4. The Morgan fingerprint density at radius 2 is 2.21 bits per heavy atom. The number of nitrogens with zero attached hydrogens (tertiary/aromatic N) is 3. The molecule has 1 aliphatic rings. The second-order valence-corrected chi connectivity index (χ2v) is 7.57. The lowest BCUT2D eigenvalue weighted by molar-refractivity contribution is -0.145. The number of fused-ring (bicyclic) bond motifs is 2. The van der Waals surface area contributed by atoms with Crippen LogP contribution in [0.4, 0.5) is 5.13 Å². The maximum Gasteiger partial charge on any atom is 0.315 e. The molecule has 0 radical (unpaired) electrons. The first-order chi connectivity index (χ1) is 13.5. The van der Waals surface area contributed by atoms with Crippen molar-refractivity contribution >= 4 is 39.2 Å². The average molecular weight is 400 g/mol. The number of benzene rings is 1. The molecule has 1 N–H and O–H groups in total. The third-order valence-electron chi connectivity index (χ3n) is 4.74. The van der Waals surface area contributed by atoms with E-state index in [0.717, 1.165) is 22.4 Å². The highest BCUT2D eigenvalue weighted by Crippen LogP contribution is 2.39. The third-order valence-corrected chi connectivity index (χ3v) is 5.79. The third kappa shape index (κ3) is 3.11. The van der Waals surface area contributed by atoms with E-state index < -0.39 is 0 Å². The second-order valence-electron chi connectivity index (χ2n) is 6.49. The molecule has 2 aromatic heterocycles. The van der Waals surface area contributed by atoms with E-state index in [-0.39, 0.29) is 17.8 Å². The Balaban J connectivity index is 1.54. The molecular formula is C19H20N4O4S. The number of carbonyl (C=O) groups is 2. The van der Waals surface area contributed by atoms with Gasteiger partial charge in [-0.3, -0.25) is 14.9 Å². The molecule has 0 bridgehead atoms. The number of ether oxygens (including phenoxy) is 2. The Morgan fingerprint density at radius 3 is 2.96 bits per heavy atom. The number of thiazole rings is 1. The molecule has 1 unspecified atom stereocenters. The summed E-state index contributed by atoms with van der Waals surface area (Å²) in [6, 6.07) is 5.26. The van der Waals surface area contributed by atoms with Crippen LogP contribution in [-0.4, -0.2) is 40.4 Å². The van der Waals surface area contributed by atoms with Crippen LogP contribution in [0.1, 0.15) is 40.2 Å². The molecular weight excluding hydrogens is 380 g/mol. The van der Waals surface area contributed by atoms with Crippen LogP contribution in [0.25, 0.3) is 10.9 Å². The predicted octanol–water partition coefficient (Wildman–Crippen LogP) is 2.88. The molecule has 1 atom stereocenters. The lowest BCUT2D eigenvalue weighted by Gasteiger charge is -2.08. The number of nitrogens with one attached hydrogen (secondary N) is 1. The second kappa shape index (κ2) is 7.23. The van der Waals surface area contributed by atoms with Crippen LogP contribution >= 0.6 is 11.3 Å². The number of anilines is 1. The van der Waals surface area contributed by atoms with E-state index >= 15 is 0 Å². The SMILES string of the molecule is CCOC(=O)C1CCc2sc(NC(=O)c3ccc4c(OC)n(C)nc4c3)nc21. The van der Waals surface area contributed by atoms with Crippen molar-refractivity contribution in [2.24, 2.45) is 7.05 Å². The Bertz CT molecular complexity index is 1070. The largest absolute Gasteiger partial charge is 0.481 e. The number of rotatable bonds is 5. The highest BCUT2D eigenvalue weighted by Gasteiger charge is 2.33. The van der Waals surface area contributed by atoms with Gasteiger partial charge in [0.1, 0.15) is 5.92 Å². The maximum atomic E-state index is 12.7. The number of methoxy groups -OCH3 is 1. The number of esters is 1. The molecule has 0 saturated heterocycles. The first-order valence-corrected chi connectivity index (χ1v) is 9.81. The van der Waals surface area contributed by atoms with Crippen molar-refractivity contribution in [1.29, 1.82) is 0 Å². The number of carbonyl (C=O) groups excluding carboxylic acids is 2. The van der Waals surface area contributed by atoms with Gasteiger partial charge >= 0.3 is 5.97 Å². The van der Waals surface area contributed by atoms with Crippen molar-refractivity contribution in [1.82, 2.24) is 14.8 Å². The van der Waals surface area contributed by atoms with Crippen LogP contribution in [0.3, 0.4) is 0 Å². The number of aryl methyl sites for hydroxylation is 2. The Morgan fingerprint density at radius 1 is 1.39 bits per heavy atom. The van der Waals surface area contributed by atoms with E-state index in [4.69, 9.17) is 9.47 Å². The molecule has 0 aliphatic heterocycles. The Labute approximate surface area is 165 Å². The van der Waals surface area contributed by atoms with Crippen molar-refractivity contribution in [3.8, 4) is 5.88 Å². The minimum absolute atomic E-state index is 0.251. The molecule has 146 valence electrons. The number of hydrogen-bond acceptors (Lipinski definition) is 7. The van der Waals surface area contributed by atoms with E-state index in [9.17, 15) is 9.59 Å². The molecule has 1 amide bonds. The van der Waals surface area contributed by atoms with Crippen molar-refractivity contribution in [2.45, 2.75) is 25.7 Å². The molecule has 28 heavy (non-hydrogen) atoms. The predicted molar refractivity (Wildman–Crippen MR) is 105 cm³/mol. The summed E-state index contributed by atoms with van der Waals surface area (Å²) in [5.74, 6) is -0.219. The van der Waals surface area contributed by atoms with Crippen molar-refractivity contribution in [2.75, 3.05) is 19.0 Å². The van der Waals surface area contributed by atoms with Gasteiger partial charge in [0.2, 0.25) is 5.88 Å². The zero-order valence-corrected chi connectivity index (χ0v) is 16.6. The van der Waals surface area contributed by atoms with Gasteiger partial charge in [0, 0.05) is 17.5 Å². The standard InChI is InChI=1S/C19H20N4O4S/c1-4-27-18(25)12-7-8-14-15(12)20-19(28-14)21-16(24)10-5-6-11-13(9-10)22-23(2)17(11)26-3/h5-6,9,12H,4,7-8H2,1-3H3,(H,20,21,24). The highest BCUT2D eigenvalue weighted by atomic mass is 32.1. The number of hydrogen-bond donors (Lipinski definition) is 1. The van der Waals surface area contributed by atoms with Crippen molar-refractivity contribution < 1.29 is 19.1 Å². The first-order valence-electron chi connectivity index (χ1n) is 9.00. The molecule has 0 saturated carbocycles. The summed E-state index contributed by atoms with van der Waals surface area (Å²) >= 11 is 1.41. The highest BCUT2D eigenvalue weighted by molar-refractivity contribution is 7.16. The average Bonchev–Trinajstić information content (AvgIpc) is 3.32. The molecule has 9 heteroatoms. The Hall–Kier alpha value is -2.94. The summed E-state index contributed by atoms with van der Waals surface area (Å²) in [6.07, 6.45) is 1.48. The molecule has 0 spiro atoms. The maximum absolute atomic E-state index is 12.7. The van der Waals surface area contributed by atoms with Gasteiger partial charge in [-0.05, 0) is 38.0 Å². The molecule has 1 aromatic carbocycles. The molecule has 2 heterocycles. The topological polar surface area (TPSA) is 95.3 Å². The lowest BCUT2D eigenvalue weighted by atomic mass is 10.1. The Kier molecular flexibility index (Phi) is 4.76. The van der Waals surface area contributed by atoms with Gasteiger partial charge in [-0.2, -0.15) is 5.10 Å². The quantitative estimate of drug-likeness (QED) is 0.662. The molecule has 0 fully saturated rings.